The fourth-order valence-corrected chi connectivity index (χ4v) is 4.95. The normalized spacial score (nSPS) is 12.3. The number of benzene rings is 1. The first kappa shape index (κ1) is 16.3. The summed E-state index contributed by atoms with van der Waals surface area (Å²) < 4.78 is 25.8. The fraction of sp³-hybridized carbons (Fsp3) is 0.538. The van der Waals surface area contributed by atoms with E-state index in [-0.39, 0.29) is 11.8 Å². The van der Waals surface area contributed by atoms with Crippen LogP contribution in [-0.4, -0.2) is 36.8 Å². The maximum atomic E-state index is 12.1. The van der Waals surface area contributed by atoms with Crippen molar-refractivity contribution in [2.45, 2.75) is 31.7 Å². The number of anilines is 1. The standard InChI is InChI=1S/C13H22N2O2S2/c1-4-15(11(2)3)19(16,17)9-8-18-13-7-5-6-12(14)10-13/h5-7,10-11H,4,8-9,14H2,1-3H3. The van der Waals surface area contributed by atoms with Crippen molar-refractivity contribution in [3.8, 4) is 0 Å². The summed E-state index contributed by atoms with van der Waals surface area (Å²) in [5, 5.41) is 0. The summed E-state index contributed by atoms with van der Waals surface area (Å²) in [4.78, 5) is 1.00. The summed E-state index contributed by atoms with van der Waals surface area (Å²) in [5.41, 5.74) is 6.39. The lowest BCUT2D eigenvalue weighted by Crippen LogP contribution is -2.38. The highest BCUT2D eigenvalue weighted by atomic mass is 32.2. The Labute approximate surface area is 120 Å². The van der Waals surface area contributed by atoms with Gasteiger partial charge in [-0.05, 0) is 32.0 Å². The van der Waals surface area contributed by atoms with Crippen molar-refractivity contribution >= 4 is 27.5 Å². The fourth-order valence-electron chi connectivity index (χ4n) is 1.87. The summed E-state index contributed by atoms with van der Waals surface area (Å²) in [6.45, 7) is 6.17. The van der Waals surface area contributed by atoms with E-state index in [1.54, 1.807) is 0 Å². The van der Waals surface area contributed by atoms with E-state index >= 15 is 0 Å². The second-order valence-corrected chi connectivity index (χ2v) is 7.74. The molecule has 1 aromatic rings. The minimum absolute atomic E-state index is 0.00682. The van der Waals surface area contributed by atoms with Crippen molar-refractivity contribution in [3.63, 3.8) is 0 Å². The van der Waals surface area contributed by atoms with Crippen LogP contribution in [0.3, 0.4) is 0 Å². The summed E-state index contributed by atoms with van der Waals surface area (Å²) in [6, 6.07) is 7.49. The molecule has 0 aliphatic heterocycles. The van der Waals surface area contributed by atoms with E-state index in [2.05, 4.69) is 0 Å². The SMILES string of the molecule is CCN(C(C)C)S(=O)(=O)CCSc1cccc(N)c1. The molecule has 1 aromatic carbocycles. The maximum Gasteiger partial charge on any atom is 0.215 e. The average Bonchev–Trinajstić information content (AvgIpc) is 2.28. The molecule has 0 fully saturated rings. The molecule has 0 saturated heterocycles. The molecule has 0 unspecified atom stereocenters. The van der Waals surface area contributed by atoms with E-state index in [9.17, 15) is 8.42 Å². The highest BCUT2D eigenvalue weighted by Gasteiger charge is 2.22. The van der Waals surface area contributed by atoms with Crippen molar-refractivity contribution in [1.29, 1.82) is 0 Å². The second kappa shape index (κ2) is 7.17. The van der Waals surface area contributed by atoms with E-state index in [0.717, 1.165) is 4.90 Å². The Morgan fingerprint density at radius 2 is 2.05 bits per heavy atom. The zero-order valence-electron chi connectivity index (χ0n) is 11.7. The second-order valence-electron chi connectivity index (χ2n) is 4.53. The van der Waals surface area contributed by atoms with Gasteiger partial charge in [0, 0.05) is 28.9 Å². The van der Waals surface area contributed by atoms with Gasteiger partial charge in [0.2, 0.25) is 10.0 Å². The highest BCUT2D eigenvalue weighted by Crippen LogP contribution is 2.21. The number of thioether (sulfide) groups is 1. The van der Waals surface area contributed by atoms with E-state index in [1.165, 1.54) is 16.1 Å². The number of rotatable bonds is 7. The van der Waals surface area contributed by atoms with Gasteiger partial charge in [-0.3, -0.25) is 0 Å². The van der Waals surface area contributed by atoms with Crippen LogP contribution in [0.2, 0.25) is 0 Å². The van der Waals surface area contributed by atoms with Gasteiger partial charge in [-0.2, -0.15) is 4.31 Å². The molecule has 0 aromatic heterocycles. The molecule has 0 saturated carbocycles. The van der Waals surface area contributed by atoms with Gasteiger partial charge in [-0.25, -0.2) is 8.42 Å². The number of nitrogen functional groups attached to an aromatic ring is 1. The van der Waals surface area contributed by atoms with Crippen LogP contribution in [0.1, 0.15) is 20.8 Å². The molecule has 0 radical (unpaired) electrons. The lowest BCUT2D eigenvalue weighted by molar-refractivity contribution is 0.370. The Morgan fingerprint density at radius 1 is 1.37 bits per heavy atom. The largest absolute Gasteiger partial charge is 0.399 e. The van der Waals surface area contributed by atoms with Crippen molar-refractivity contribution in [3.05, 3.63) is 24.3 Å². The molecular weight excluding hydrogens is 280 g/mol. The molecule has 2 N–H and O–H groups in total. The van der Waals surface area contributed by atoms with Crippen molar-refractivity contribution < 1.29 is 8.42 Å². The van der Waals surface area contributed by atoms with Gasteiger partial charge in [0.05, 0.1) is 5.75 Å². The summed E-state index contributed by atoms with van der Waals surface area (Å²) in [7, 11) is -3.17. The molecule has 1 rings (SSSR count). The van der Waals surface area contributed by atoms with Crippen LogP contribution >= 0.6 is 11.8 Å². The number of hydrogen-bond donors (Lipinski definition) is 1. The topological polar surface area (TPSA) is 63.4 Å². The van der Waals surface area contributed by atoms with Gasteiger partial charge in [0.25, 0.3) is 0 Å². The van der Waals surface area contributed by atoms with Crippen LogP contribution in [0.4, 0.5) is 5.69 Å². The van der Waals surface area contributed by atoms with Crippen LogP contribution in [0.5, 0.6) is 0 Å². The average molecular weight is 302 g/mol. The zero-order valence-corrected chi connectivity index (χ0v) is 13.3. The molecule has 0 spiro atoms. The molecule has 108 valence electrons. The Bertz CT molecular complexity index is 501. The van der Waals surface area contributed by atoms with Gasteiger partial charge in [0.1, 0.15) is 0 Å². The Morgan fingerprint density at radius 3 is 2.58 bits per heavy atom. The smallest absolute Gasteiger partial charge is 0.215 e. The molecule has 0 atom stereocenters. The summed E-state index contributed by atoms with van der Waals surface area (Å²) in [6.07, 6.45) is 0. The lowest BCUT2D eigenvalue weighted by Gasteiger charge is -2.24. The predicted molar refractivity (Wildman–Crippen MR) is 82.9 cm³/mol. The minimum Gasteiger partial charge on any atom is -0.399 e. The van der Waals surface area contributed by atoms with E-state index in [1.807, 2.05) is 45.0 Å². The third kappa shape index (κ3) is 5.04. The molecule has 4 nitrogen and oxygen atoms in total. The van der Waals surface area contributed by atoms with E-state index in [4.69, 9.17) is 5.73 Å². The third-order valence-electron chi connectivity index (χ3n) is 2.71. The van der Waals surface area contributed by atoms with E-state index < -0.39 is 10.0 Å². The molecule has 0 aliphatic carbocycles. The molecule has 6 heteroatoms. The van der Waals surface area contributed by atoms with Gasteiger partial charge in [-0.15, -0.1) is 11.8 Å². The van der Waals surface area contributed by atoms with E-state index in [0.29, 0.717) is 18.0 Å². The van der Waals surface area contributed by atoms with Crippen LogP contribution in [0, 0.1) is 0 Å². The summed E-state index contributed by atoms with van der Waals surface area (Å²) >= 11 is 1.52. The zero-order chi connectivity index (χ0) is 14.5. The molecular formula is C13H22N2O2S2. The van der Waals surface area contributed by atoms with Crippen LogP contribution in [0.25, 0.3) is 0 Å². The molecule has 0 aliphatic rings. The molecule has 0 heterocycles. The predicted octanol–water partition coefficient (Wildman–Crippen LogP) is 2.42. The first-order valence-electron chi connectivity index (χ1n) is 6.34. The first-order valence-corrected chi connectivity index (χ1v) is 8.94. The maximum absolute atomic E-state index is 12.1. The highest BCUT2D eigenvalue weighted by molar-refractivity contribution is 8.00. The Kier molecular flexibility index (Phi) is 6.16. The number of nitrogens with zero attached hydrogens (tertiary/aromatic N) is 1. The molecule has 19 heavy (non-hydrogen) atoms. The molecule has 0 bridgehead atoms. The van der Waals surface area contributed by atoms with Gasteiger partial charge in [-0.1, -0.05) is 13.0 Å². The van der Waals surface area contributed by atoms with Gasteiger partial charge >= 0.3 is 0 Å². The van der Waals surface area contributed by atoms with Crippen LogP contribution in [0.15, 0.2) is 29.2 Å². The number of hydrogen-bond acceptors (Lipinski definition) is 4. The quantitative estimate of drug-likeness (QED) is 0.620. The number of sulfonamides is 1. The first-order chi connectivity index (χ1) is 8.86. The number of nitrogens with two attached hydrogens (primary N) is 1. The van der Waals surface area contributed by atoms with Crippen molar-refractivity contribution in [1.82, 2.24) is 4.31 Å². The minimum atomic E-state index is -3.17. The Balaban J connectivity index is 2.57. The van der Waals surface area contributed by atoms with Gasteiger partial charge < -0.3 is 5.73 Å². The van der Waals surface area contributed by atoms with Crippen LogP contribution < -0.4 is 5.73 Å². The lowest BCUT2D eigenvalue weighted by atomic mass is 10.3. The third-order valence-corrected chi connectivity index (χ3v) is 6.08. The van der Waals surface area contributed by atoms with Crippen molar-refractivity contribution in [2.24, 2.45) is 0 Å². The van der Waals surface area contributed by atoms with Gasteiger partial charge in [0.15, 0.2) is 0 Å². The van der Waals surface area contributed by atoms with Crippen LogP contribution in [-0.2, 0) is 10.0 Å². The van der Waals surface area contributed by atoms with Crippen molar-refractivity contribution in [2.75, 3.05) is 23.8 Å². The molecule has 0 amide bonds. The monoisotopic (exact) mass is 302 g/mol. The summed E-state index contributed by atoms with van der Waals surface area (Å²) in [5.74, 6) is 0.688. The Hall–Kier alpha value is -0.720.